The van der Waals surface area contributed by atoms with Crippen LogP contribution in [-0.4, -0.2) is 10.7 Å². The average molecular weight is 228 g/mol. The quantitative estimate of drug-likeness (QED) is 0.607. The molecule has 0 radical (unpaired) electrons. The molecular formula is C16H20O. The van der Waals surface area contributed by atoms with E-state index in [-0.39, 0.29) is 5.41 Å². The van der Waals surface area contributed by atoms with Gasteiger partial charge in [0.25, 0.3) is 0 Å². The second-order valence-electron chi connectivity index (χ2n) is 5.22. The molecule has 0 aromatic heterocycles. The molecule has 0 heterocycles. The zero-order valence-corrected chi connectivity index (χ0v) is 10.8. The summed E-state index contributed by atoms with van der Waals surface area (Å²) in [4.78, 5) is 0. The lowest BCUT2D eigenvalue weighted by atomic mass is 9.75. The van der Waals surface area contributed by atoms with Gasteiger partial charge in [-0.1, -0.05) is 56.9 Å². The van der Waals surface area contributed by atoms with E-state index >= 15 is 0 Å². The number of hydrogen-bond donors (Lipinski definition) is 1. The van der Waals surface area contributed by atoms with E-state index in [0.29, 0.717) is 6.42 Å². The molecule has 1 N–H and O–H groups in total. The maximum Gasteiger partial charge on any atom is 0.134 e. The van der Waals surface area contributed by atoms with Crippen LogP contribution >= 0.6 is 0 Å². The van der Waals surface area contributed by atoms with Crippen LogP contribution in [0.25, 0.3) is 0 Å². The third-order valence-electron chi connectivity index (χ3n) is 2.87. The van der Waals surface area contributed by atoms with Gasteiger partial charge in [-0.2, -0.15) is 0 Å². The SMILES string of the molecule is C=CC[C@@](O)(C#Cc1ccccc1)C(C)(C)C. The summed E-state index contributed by atoms with van der Waals surface area (Å²) in [6.07, 6.45) is 2.18. The Balaban J connectivity index is 3.04. The summed E-state index contributed by atoms with van der Waals surface area (Å²) in [6.45, 7) is 9.63. The van der Waals surface area contributed by atoms with Crippen molar-refractivity contribution >= 4 is 0 Å². The van der Waals surface area contributed by atoms with E-state index in [1.807, 2.05) is 51.1 Å². The highest BCUT2D eigenvalue weighted by atomic mass is 16.3. The Morgan fingerprint density at radius 1 is 1.24 bits per heavy atom. The molecular weight excluding hydrogens is 208 g/mol. The molecule has 0 saturated carbocycles. The van der Waals surface area contributed by atoms with E-state index in [0.717, 1.165) is 5.56 Å². The van der Waals surface area contributed by atoms with Crippen LogP contribution in [0.4, 0.5) is 0 Å². The zero-order chi connectivity index (χ0) is 12.9. The Bertz CT molecular complexity index is 428. The van der Waals surface area contributed by atoms with E-state index in [9.17, 15) is 5.11 Å². The Labute approximate surface area is 104 Å². The molecule has 1 atom stereocenters. The van der Waals surface area contributed by atoms with E-state index in [2.05, 4.69) is 18.4 Å². The molecule has 0 aliphatic heterocycles. The summed E-state index contributed by atoms with van der Waals surface area (Å²) in [5, 5.41) is 10.6. The second kappa shape index (κ2) is 5.21. The summed E-state index contributed by atoms with van der Waals surface area (Å²) < 4.78 is 0. The van der Waals surface area contributed by atoms with E-state index in [4.69, 9.17) is 0 Å². The summed E-state index contributed by atoms with van der Waals surface area (Å²) in [6, 6.07) is 9.69. The van der Waals surface area contributed by atoms with E-state index in [1.165, 1.54) is 0 Å². The van der Waals surface area contributed by atoms with Crippen LogP contribution in [0.5, 0.6) is 0 Å². The van der Waals surface area contributed by atoms with Crippen LogP contribution < -0.4 is 0 Å². The molecule has 0 spiro atoms. The number of rotatable bonds is 2. The monoisotopic (exact) mass is 228 g/mol. The summed E-state index contributed by atoms with van der Waals surface area (Å²) >= 11 is 0. The first-order chi connectivity index (χ1) is 7.89. The second-order valence-corrected chi connectivity index (χ2v) is 5.22. The van der Waals surface area contributed by atoms with Gasteiger partial charge in [0.15, 0.2) is 0 Å². The predicted octanol–water partition coefficient (Wildman–Crippen LogP) is 3.39. The highest BCUT2D eigenvalue weighted by molar-refractivity contribution is 5.37. The first kappa shape index (κ1) is 13.5. The van der Waals surface area contributed by atoms with E-state index in [1.54, 1.807) is 6.08 Å². The fraction of sp³-hybridized carbons (Fsp3) is 0.375. The standard InChI is InChI=1S/C16H20O/c1-5-12-16(17,15(2,3)4)13-11-14-9-7-6-8-10-14/h5-10,17H,1,12H2,2-4H3/t16-/m1/s1. The topological polar surface area (TPSA) is 20.2 Å². The zero-order valence-electron chi connectivity index (χ0n) is 10.8. The Hall–Kier alpha value is -1.52. The molecule has 0 fully saturated rings. The lowest BCUT2D eigenvalue weighted by molar-refractivity contribution is -0.00158. The molecule has 0 aliphatic rings. The molecule has 0 saturated heterocycles. The van der Waals surface area contributed by atoms with Gasteiger partial charge in [0.2, 0.25) is 0 Å². The van der Waals surface area contributed by atoms with Gasteiger partial charge in [-0.25, -0.2) is 0 Å². The van der Waals surface area contributed by atoms with Gasteiger partial charge < -0.3 is 5.11 Å². The molecule has 1 aromatic carbocycles. The molecule has 0 amide bonds. The van der Waals surface area contributed by atoms with Crippen LogP contribution in [0.1, 0.15) is 32.8 Å². The third kappa shape index (κ3) is 3.47. The van der Waals surface area contributed by atoms with Crippen molar-refractivity contribution in [2.75, 3.05) is 0 Å². The lowest BCUT2D eigenvalue weighted by Crippen LogP contribution is -2.41. The Morgan fingerprint density at radius 2 is 1.82 bits per heavy atom. The van der Waals surface area contributed by atoms with Crippen molar-refractivity contribution in [3.63, 3.8) is 0 Å². The number of aliphatic hydroxyl groups is 1. The molecule has 17 heavy (non-hydrogen) atoms. The van der Waals surface area contributed by atoms with Gasteiger partial charge in [0.05, 0.1) is 0 Å². The van der Waals surface area contributed by atoms with Crippen molar-refractivity contribution in [3.05, 3.63) is 48.6 Å². The van der Waals surface area contributed by atoms with Crippen molar-refractivity contribution in [1.29, 1.82) is 0 Å². The highest BCUT2D eigenvalue weighted by Gasteiger charge is 2.37. The lowest BCUT2D eigenvalue weighted by Gasteiger charge is -2.35. The maximum atomic E-state index is 10.6. The number of benzene rings is 1. The fourth-order valence-corrected chi connectivity index (χ4v) is 1.45. The van der Waals surface area contributed by atoms with Gasteiger partial charge >= 0.3 is 0 Å². The minimum Gasteiger partial charge on any atom is -0.377 e. The summed E-state index contributed by atoms with van der Waals surface area (Å²) in [7, 11) is 0. The van der Waals surface area contributed by atoms with Crippen LogP contribution in [0, 0.1) is 17.3 Å². The summed E-state index contributed by atoms with van der Waals surface area (Å²) in [5.41, 5.74) is -0.424. The van der Waals surface area contributed by atoms with Gasteiger partial charge in [0, 0.05) is 17.4 Å². The van der Waals surface area contributed by atoms with Gasteiger partial charge in [-0.15, -0.1) is 6.58 Å². The van der Waals surface area contributed by atoms with Gasteiger partial charge in [0.1, 0.15) is 5.60 Å². The van der Waals surface area contributed by atoms with Crippen molar-refractivity contribution in [2.45, 2.75) is 32.8 Å². The molecule has 90 valence electrons. The molecule has 1 heteroatoms. The first-order valence-corrected chi connectivity index (χ1v) is 5.80. The molecule has 1 nitrogen and oxygen atoms in total. The Morgan fingerprint density at radius 3 is 2.29 bits per heavy atom. The Kier molecular flexibility index (Phi) is 4.15. The van der Waals surface area contributed by atoms with Crippen molar-refractivity contribution < 1.29 is 5.11 Å². The van der Waals surface area contributed by atoms with Crippen molar-refractivity contribution in [3.8, 4) is 11.8 Å². The number of hydrogen-bond acceptors (Lipinski definition) is 1. The van der Waals surface area contributed by atoms with Crippen molar-refractivity contribution in [1.82, 2.24) is 0 Å². The van der Waals surface area contributed by atoms with Gasteiger partial charge in [-0.3, -0.25) is 0 Å². The first-order valence-electron chi connectivity index (χ1n) is 5.80. The average Bonchev–Trinajstić information content (AvgIpc) is 2.27. The third-order valence-corrected chi connectivity index (χ3v) is 2.87. The summed E-state index contributed by atoms with van der Waals surface area (Å²) in [5.74, 6) is 6.02. The smallest absolute Gasteiger partial charge is 0.134 e. The van der Waals surface area contributed by atoms with Crippen LogP contribution in [0.15, 0.2) is 43.0 Å². The molecule has 0 bridgehead atoms. The molecule has 0 unspecified atom stereocenters. The van der Waals surface area contributed by atoms with Crippen molar-refractivity contribution in [2.24, 2.45) is 5.41 Å². The van der Waals surface area contributed by atoms with E-state index < -0.39 is 5.60 Å². The van der Waals surface area contributed by atoms with Crippen LogP contribution in [-0.2, 0) is 0 Å². The molecule has 1 aromatic rings. The maximum absolute atomic E-state index is 10.6. The molecule has 0 aliphatic carbocycles. The largest absolute Gasteiger partial charge is 0.377 e. The van der Waals surface area contributed by atoms with Gasteiger partial charge in [-0.05, 0) is 12.1 Å². The normalized spacial score (nSPS) is 14.4. The highest BCUT2D eigenvalue weighted by Crippen LogP contribution is 2.33. The minimum absolute atomic E-state index is 0.303. The van der Waals surface area contributed by atoms with Crippen LogP contribution in [0.2, 0.25) is 0 Å². The fourth-order valence-electron chi connectivity index (χ4n) is 1.45. The van der Waals surface area contributed by atoms with Crippen LogP contribution in [0.3, 0.4) is 0 Å². The molecule has 1 rings (SSSR count). The predicted molar refractivity (Wildman–Crippen MR) is 72.5 cm³/mol. The minimum atomic E-state index is -1.04.